The highest BCUT2D eigenvalue weighted by atomic mass is 16.2. The number of amides is 3. The second kappa shape index (κ2) is 9.66. The van der Waals surface area contributed by atoms with E-state index < -0.39 is 5.91 Å². The molecule has 1 aliphatic heterocycles. The highest BCUT2D eigenvalue weighted by Gasteiger charge is 2.11. The first-order valence-electron chi connectivity index (χ1n) is 8.70. The van der Waals surface area contributed by atoms with Crippen molar-refractivity contribution in [1.82, 2.24) is 10.6 Å². The van der Waals surface area contributed by atoms with Gasteiger partial charge in [0.1, 0.15) is 0 Å². The molecule has 3 amide bonds. The maximum Gasteiger partial charge on any atom is 0.243 e. The Kier molecular flexibility index (Phi) is 7.25. The van der Waals surface area contributed by atoms with Crippen molar-refractivity contribution in [2.75, 3.05) is 36.4 Å². The van der Waals surface area contributed by atoms with Crippen molar-refractivity contribution < 1.29 is 14.4 Å². The molecule has 0 atom stereocenters. The molecule has 7 nitrogen and oxygen atoms in total. The zero-order valence-electron chi connectivity index (χ0n) is 14.6. The number of hydrogen-bond donors (Lipinski definition) is 3. The van der Waals surface area contributed by atoms with Crippen molar-refractivity contribution in [1.29, 1.82) is 0 Å². The molecule has 0 spiro atoms. The van der Waals surface area contributed by atoms with Crippen LogP contribution >= 0.6 is 0 Å². The van der Waals surface area contributed by atoms with Crippen LogP contribution in [0.4, 0.5) is 11.4 Å². The molecule has 1 aromatic carbocycles. The molecule has 1 fully saturated rings. The Morgan fingerprint density at radius 2 is 1.64 bits per heavy atom. The normalized spacial score (nSPS) is 14.4. The van der Waals surface area contributed by atoms with Crippen LogP contribution in [0.15, 0.2) is 24.3 Å². The largest absolute Gasteiger partial charge is 0.371 e. The fourth-order valence-corrected chi connectivity index (χ4v) is 2.76. The van der Waals surface area contributed by atoms with Crippen LogP contribution in [0.25, 0.3) is 0 Å². The molecule has 1 saturated heterocycles. The van der Waals surface area contributed by atoms with Gasteiger partial charge in [0.2, 0.25) is 17.7 Å². The lowest BCUT2D eigenvalue weighted by Crippen LogP contribution is -2.39. The molecular weight excluding hydrogens is 320 g/mol. The fraction of sp³-hybridized carbons (Fsp3) is 0.500. The summed E-state index contributed by atoms with van der Waals surface area (Å²) in [6.07, 6.45) is 4.92. The molecule has 1 aromatic rings. The molecule has 0 unspecified atom stereocenters. The Morgan fingerprint density at radius 3 is 2.32 bits per heavy atom. The number of carbonyl (C=O) groups excluding carboxylic acids is 3. The van der Waals surface area contributed by atoms with Gasteiger partial charge >= 0.3 is 0 Å². The number of anilines is 2. The summed E-state index contributed by atoms with van der Waals surface area (Å²) in [7, 11) is 0. The smallest absolute Gasteiger partial charge is 0.243 e. The van der Waals surface area contributed by atoms with E-state index in [0.717, 1.165) is 18.8 Å². The first kappa shape index (κ1) is 18.8. The van der Waals surface area contributed by atoms with E-state index in [4.69, 9.17) is 0 Å². The van der Waals surface area contributed by atoms with Crippen molar-refractivity contribution in [3.63, 3.8) is 0 Å². The quantitative estimate of drug-likeness (QED) is 0.723. The van der Waals surface area contributed by atoms with Crippen LogP contribution in [0.5, 0.6) is 0 Å². The fourth-order valence-electron chi connectivity index (χ4n) is 2.76. The van der Waals surface area contributed by atoms with Gasteiger partial charge in [0.05, 0.1) is 13.1 Å². The maximum atomic E-state index is 12.0. The lowest BCUT2D eigenvalue weighted by molar-refractivity contribution is -0.126. The standard InChI is InChI=1S/C18H26N4O3/c1-14(23)19-12-17(24)20-13-18(25)21-15-7-6-8-16(11-15)22-9-4-2-3-5-10-22/h6-8,11H,2-5,9-10,12-13H2,1H3,(H,19,23)(H,20,24)(H,21,25). The average Bonchev–Trinajstić information content (AvgIpc) is 2.88. The SMILES string of the molecule is CC(=O)NCC(=O)NCC(=O)Nc1cccc(N2CCCCCC2)c1. The predicted molar refractivity (Wildman–Crippen MR) is 97.4 cm³/mol. The van der Waals surface area contributed by atoms with Gasteiger partial charge in [0, 0.05) is 31.4 Å². The van der Waals surface area contributed by atoms with Crippen LogP contribution in [-0.2, 0) is 14.4 Å². The van der Waals surface area contributed by atoms with Gasteiger partial charge in [-0.1, -0.05) is 18.9 Å². The minimum Gasteiger partial charge on any atom is -0.371 e. The first-order valence-corrected chi connectivity index (χ1v) is 8.70. The van der Waals surface area contributed by atoms with Crippen LogP contribution in [0.3, 0.4) is 0 Å². The monoisotopic (exact) mass is 346 g/mol. The van der Waals surface area contributed by atoms with Crippen LogP contribution < -0.4 is 20.9 Å². The van der Waals surface area contributed by atoms with Gasteiger partial charge in [0.15, 0.2) is 0 Å². The summed E-state index contributed by atoms with van der Waals surface area (Å²) in [5, 5.41) is 7.64. The first-order chi connectivity index (χ1) is 12.0. The lowest BCUT2D eigenvalue weighted by Gasteiger charge is -2.23. The topological polar surface area (TPSA) is 90.5 Å². The van der Waals surface area contributed by atoms with Crippen LogP contribution in [-0.4, -0.2) is 43.9 Å². The number of hydrogen-bond acceptors (Lipinski definition) is 4. The Balaban J connectivity index is 1.83. The third-order valence-electron chi connectivity index (χ3n) is 4.05. The highest BCUT2D eigenvalue weighted by Crippen LogP contribution is 2.22. The summed E-state index contributed by atoms with van der Waals surface area (Å²) >= 11 is 0. The molecule has 0 saturated carbocycles. The number of rotatable bonds is 6. The number of benzene rings is 1. The lowest BCUT2D eigenvalue weighted by atomic mass is 10.2. The van der Waals surface area contributed by atoms with Gasteiger partial charge < -0.3 is 20.9 Å². The predicted octanol–water partition coefficient (Wildman–Crippen LogP) is 1.26. The number of nitrogens with zero attached hydrogens (tertiary/aromatic N) is 1. The molecular formula is C18H26N4O3. The molecule has 3 N–H and O–H groups in total. The Morgan fingerprint density at radius 1 is 0.960 bits per heavy atom. The van der Waals surface area contributed by atoms with E-state index in [-0.39, 0.29) is 24.9 Å². The summed E-state index contributed by atoms with van der Waals surface area (Å²) in [4.78, 5) is 36.5. The molecule has 7 heteroatoms. The molecule has 0 aliphatic carbocycles. The van der Waals surface area contributed by atoms with E-state index >= 15 is 0 Å². The number of nitrogens with one attached hydrogen (secondary N) is 3. The summed E-state index contributed by atoms with van der Waals surface area (Å²) in [5.74, 6) is -0.988. The van der Waals surface area contributed by atoms with Gasteiger partial charge in [-0.2, -0.15) is 0 Å². The molecule has 0 radical (unpaired) electrons. The Bertz CT molecular complexity index is 610. The third-order valence-corrected chi connectivity index (χ3v) is 4.05. The van der Waals surface area contributed by atoms with E-state index in [2.05, 4.69) is 26.9 Å². The summed E-state index contributed by atoms with van der Waals surface area (Å²) < 4.78 is 0. The zero-order chi connectivity index (χ0) is 18.1. The van der Waals surface area contributed by atoms with Gasteiger partial charge in [0.25, 0.3) is 0 Å². The summed E-state index contributed by atoms with van der Waals surface area (Å²) in [6, 6.07) is 7.77. The van der Waals surface area contributed by atoms with Crippen molar-refractivity contribution in [3.8, 4) is 0 Å². The van der Waals surface area contributed by atoms with E-state index in [1.54, 1.807) is 0 Å². The molecule has 2 rings (SSSR count). The van der Waals surface area contributed by atoms with Gasteiger partial charge in [-0.15, -0.1) is 0 Å². The van der Waals surface area contributed by atoms with Gasteiger partial charge in [-0.3, -0.25) is 14.4 Å². The summed E-state index contributed by atoms with van der Waals surface area (Å²) in [5.41, 5.74) is 1.82. The van der Waals surface area contributed by atoms with E-state index in [1.807, 2.05) is 18.2 Å². The molecule has 136 valence electrons. The van der Waals surface area contributed by atoms with Crippen molar-refractivity contribution >= 4 is 29.1 Å². The second-order valence-electron chi connectivity index (χ2n) is 6.19. The Hall–Kier alpha value is -2.57. The van der Waals surface area contributed by atoms with Gasteiger partial charge in [-0.25, -0.2) is 0 Å². The molecule has 0 bridgehead atoms. The average molecular weight is 346 g/mol. The van der Waals surface area contributed by atoms with Gasteiger partial charge in [-0.05, 0) is 31.0 Å². The van der Waals surface area contributed by atoms with E-state index in [9.17, 15) is 14.4 Å². The highest BCUT2D eigenvalue weighted by molar-refractivity contribution is 5.95. The van der Waals surface area contributed by atoms with Crippen molar-refractivity contribution in [3.05, 3.63) is 24.3 Å². The maximum absolute atomic E-state index is 12.0. The minimum absolute atomic E-state index is 0.132. The Labute approximate surface area is 148 Å². The third kappa shape index (κ3) is 6.82. The van der Waals surface area contributed by atoms with Crippen LogP contribution in [0.2, 0.25) is 0 Å². The molecule has 1 aliphatic rings. The van der Waals surface area contributed by atoms with Crippen LogP contribution in [0, 0.1) is 0 Å². The van der Waals surface area contributed by atoms with Crippen molar-refractivity contribution in [2.24, 2.45) is 0 Å². The minimum atomic E-state index is -0.399. The molecule has 0 aromatic heterocycles. The van der Waals surface area contributed by atoms with E-state index in [1.165, 1.54) is 32.6 Å². The van der Waals surface area contributed by atoms with Crippen LogP contribution in [0.1, 0.15) is 32.6 Å². The summed E-state index contributed by atoms with van der Waals surface area (Å²) in [6.45, 7) is 3.14. The molecule has 25 heavy (non-hydrogen) atoms. The van der Waals surface area contributed by atoms with Crippen molar-refractivity contribution in [2.45, 2.75) is 32.6 Å². The molecule has 1 heterocycles. The van der Waals surface area contributed by atoms with E-state index in [0.29, 0.717) is 5.69 Å². The zero-order valence-corrected chi connectivity index (χ0v) is 14.6. The second-order valence-corrected chi connectivity index (χ2v) is 6.19. The number of carbonyl (C=O) groups is 3.